The van der Waals surface area contributed by atoms with Crippen LogP contribution in [-0.4, -0.2) is 27.4 Å². The summed E-state index contributed by atoms with van der Waals surface area (Å²) in [6.45, 7) is 1.62. The molecule has 2 unspecified atom stereocenters. The zero-order valence-corrected chi connectivity index (χ0v) is 17.4. The van der Waals surface area contributed by atoms with Gasteiger partial charge in [0.1, 0.15) is 17.4 Å². The minimum absolute atomic E-state index is 0.200. The predicted octanol–water partition coefficient (Wildman–Crippen LogP) is 4.21. The lowest BCUT2D eigenvalue weighted by atomic mass is 9.86. The summed E-state index contributed by atoms with van der Waals surface area (Å²) in [5.74, 6) is 3.63. The van der Waals surface area contributed by atoms with Gasteiger partial charge in [0.25, 0.3) is 0 Å². The minimum atomic E-state index is 0.200. The molecule has 2 heterocycles. The Balaban J connectivity index is 1.29. The number of nitriles is 1. The van der Waals surface area contributed by atoms with Crippen molar-refractivity contribution in [2.75, 3.05) is 6.54 Å². The topological polar surface area (TPSA) is 75.8 Å². The van der Waals surface area contributed by atoms with Crippen molar-refractivity contribution in [3.05, 3.63) is 64.7 Å². The number of benzene rings is 1. The number of ether oxygens (including phenoxy) is 1. The average molecular weight is 422 g/mol. The highest BCUT2D eigenvalue weighted by Crippen LogP contribution is 2.38. The third-order valence-electron chi connectivity index (χ3n) is 6.34. The Kier molecular flexibility index (Phi) is 5.32. The molecule has 2 aliphatic carbocycles. The summed E-state index contributed by atoms with van der Waals surface area (Å²) < 4.78 is 8.50. The average Bonchev–Trinajstić information content (AvgIpc) is 3.10. The second-order valence-electron chi connectivity index (χ2n) is 8.27. The first-order valence-electron chi connectivity index (χ1n) is 10.6. The van der Waals surface area contributed by atoms with E-state index in [4.69, 9.17) is 21.6 Å². The van der Waals surface area contributed by atoms with Crippen molar-refractivity contribution in [1.82, 2.24) is 20.1 Å². The molecule has 2 aromatic rings. The molecule has 2 atom stereocenters. The molecule has 0 radical (unpaired) electrons. The lowest BCUT2D eigenvalue weighted by Crippen LogP contribution is -2.28. The molecular weight excluding hydrogens is 398 g/mol. The van der Waals surface area contributed by atoms with Crippen molar-refractivity contribution in [1.29, 1.82) is 5.26 Å². The van der Waals surface area contributed by atoms with Crippen LogP contribution in [0.3, 0.4) is 0 Å². The van der Waals surface area contributed by atoms with E-state index in [0.29, 0.717) is 17.4 Å². The van der Waals surface area contributed by atoms with Gasteiger partial charge in [0.05, 0.1) is 30.3 Å². The molecule has 1 N–H and O–H groups in total. The summed E-state index contributed by atoms with van der Waals surface area (Å²) in [6.07, 6.45) is 10.6. The maximum atomic E-state index is 8.94. The highest BCUT2D eigenvalue weighted by atomic mass is 35.5. The molecule has 154 valence electrons. The van der Waals surface area contributed by atoms with Gasteiger partial charge in [0.15, 0.2) is 0 Å². The van der Waals surface area contributed by atoms with E-state index in [0.717, 1.165) is 61.2 Å². The third-order valence-corrected chi connectivity index (χ3v) is 6.60. The van der Waals surface area contributed by atoms with Crippen LogP contribution in [0.15, 0.2) is 47.5 Å². The Morgan fingerprint density at radius 2 is 1.93 bits per heavy atom. The smallest absolute Gasteiger partial charge is 0.147 e. The molecular formula is C23H24ClN5O. The molecule has 1 saturated carbocycles. The van der Waals surface area contributed by atoms with Gasteiger partial charge in [-0.1, -0.05) is 23.8 Å². The zero-order chi connectivity index (χ0) is 20.5. The number of fused-ring (bicyclic) bond motifs is 3. The summed E-state index contributed by atoms with van der Waals surface area (Å²) in [4.78, 5) is 0. The molecule has 5 rings (SSSR count). The van der Waals surface area contributed by atoms with Gasteiger partial charge in [0, 0.05) is 23.4 Å². The number of nitrogens with zero attached hydrogens (tertiary/aromatic N) is 4. The molecule has 1 fully saturated rings. The second-order valence-corrected chi connectivity index (χ2v) is 8.70. The van der Waals surface area contributed by atoms with Crippen molar-refractivity contribution in [2.45, 2.75) is 50.3 Å². The van der Waals surface area contributed by atoms with Crippen molar-refractivity contribution in [3.63, 3.8) is 0 Å². The number of aromatic nitrogens is 3. The summed E-state index contributed by atoms with van der Waals surface area (Å²) in [7, 11) is 0. The van der Waals surface area contributed by atoms with Gasteiger partial charge < -0.3 is 14.6 Å². The van der Waals surface area contributed by atoms with E-state index in [1.54, 1.807) is 12.1 Å². The summed E-state index contributed by atoms with van der Waals surface area (Å²) in [6, 6.07) is 9.72. The zero-order valence-electron chi connectivity index (χ0n) is 16.7. The Morgan fingerprint density at radius 3 is 2.70 bits per heavy atom. The van der Waals surface area contributed by atoms with Crippen LogP contribution in [0.5, 0.6) is 5.75 Å². The lowest BCUT2D eigenvalue weighted by Gasteiger charge is -2.31. The van der Waals surface area contributed by atoms with E-state index in [2.05, 4.69) is 38.3 Å². The Bertz CT molecular complexity index is 1010. The molecule has 0 spiro atoms. The second kappa shape index (κ2) is 8.25. The van der Waals surface area contributed by atoms with Crippen molar-refractivity contribution in [3.8, 4) is 11.8 Å². The van der Waals surface area contributed by atoms with E-state index >= 15 is 0 Å². The molecule has 30 heavy (non-hydrogen) atoms. The quantitative estimate of drug-likeness (QED) is 0.803. The van der Waals surface area contributed by atoms with E-state index in [1.165, 1.54) is 0 Å². The summed E-state index contributed by atoms with van der Waals surface area (Å²) >= 11 is 6.26. The van der Waals surface area contributed by atoms with Gasteiger partial charge >= 0.3 is 0 Å². The lowest BCUT2D eigenvalue weighted by molar-refractivity contribution is 0.144. The molecule has 7 heteroatoms. The van der Waals surface area contributed by atoms with E-state index in [9.17, 15) is 0 Å². The van der Waals surface area contributed by atoms with Crippen LogP contribution in [0, 0.1) is 17.2 Å². The van der Waals surface area contributed by atoms with Gasteiger partial charge in [-0.25, -0.2) is 0 Å². The van der Waals surface area contributed by atoms with Gasteiger partial charge in [-0.3, -0.25) is 0 Å². The van der Waals surface area contributed by atoms with Gasteiger partial charge in [0.2, 0.25) is 0 Å². The van der Waals surface area contributed by atoms with Gasteiger partial charge in [-0.2, -0.15) is 5.26 Å². The molecule has 3 aliphatic rings. The van der Waals surface area contributed by atoms with Crippen LogP contribution in [0.4, 0.5) is 0 Å². The summed E-state index contributed by atoms with van der Waals surface area (Å²) in [5.41, 5.74) is 0.652. The van der Waals surface area contributed by atoms with Crippen molar-refractivity contribution >= 4 is 11.6 Å². The number of rotatable bonds is 3. The number of halogens is 1. The Morgan fingerprint density at radius 1 is 1.13 bits per heavy atom. The van der Waals surface area contributed by atoms with Crippen LogP contribution >= 0.6 is 11.6 Å². The maximum Gasteiger partial charge on any atom is 0.147 e. The number of hydrogen-bond acceptors (Lipinski definition) is 5. The van der Waals surface area contributed by atoms with Crippen molar-refractivity contribution in [2.24, 2.45) is 5.92 Å². The number of allylic oxidation sites excluding steroid dienone is 3. The maximum absolute atomic E-state index is 8.94. The first kappa shape index (κ1) is 19.3. The fraction of sp³-hybridized carbons (Fsp3) is 0.435. The SMILES string of the molecule is N#Cc1ccc(OC2CCC(c3nnc4n3C3C=CC(Cl)=CC3CNC4)CC2)cc1. The van der Waals surface area contributed by atoms with Crippen LogP contribution in [0.1, 0.15) is 54.9 Å². The van der Waals surface area contributed by atoms with Crippen LogP contribution in [0.2, 0.25) is 0 Å². The molecule has 0 saturated heterocycles. The fourth-order valence-electron chi connectivity index (χ4n) is 4.80. The fourth-order valence-corrected chi connectivity index (χ4v) is 5.03. The van der Waals surface area contributed by atoms with Crippen LogP contribution < -0.4 is 10.1 Å². The summed E-state index contributed by atoms with van der Waals surface area (Å²) in [5, 5.41) is 22.3. The molecule has 1 aliphatic heterocycles. The molecule has 0 bridgehead atoms. The first-order chi connectivity index (χ1) is 14.7. The van der Waals surface area contributed by atoms with Gasteiger partial charge in [-0.15, -0.1) is 10.2 Å². The van der Waals surface area contributed by atoms with E-state index in [-0.39, 0.29) is 12.1 Å². The molecule has 6 nitrogen and oxygen atoms in total. The van der Waals surface area contributed by atoms with Gasteiger partial charge in [-0.05, 0) is 56.0 Å². The normalized spacial score (nSPS) is 27.9. The standard InChI is InChI=1S/C23H24ClN5O/c24-18-5-10-21-17(11-18)13-26-14-22-27-28-23(29(21)22)16-3-8-20(9-4-16)30-19-6-1-15(12-25)2-7-19/h1-2,5-7,10-11,16-17,20-21,26H,3-4,8-9,13-14H2. The third kappa shape index (κ3) is 3.76. The monoisotopic (exact) mass is 421 g/mol. The molecule has 1 aromatic heterocycles. The van der Waals surface area contributed by atoms with Crippen LogP contribution in [-0.2, 0) is 6.54 Å². The van der Waals surface area contributed by atoms with E-state index in [1.807, 2.05) is 18.2 Å². The number of hydrogen-bond donors (Lipinski definition) is 1. The highest BCUT2D eigenvalue weighted by Gasteiger charge is 2.34. The predicted molar refractivity (Wildman–Crippen MR) is 114 cm³/mol. The van der Waals surface area contributed by atoms with Crippen LogP contribution in [0.25, 0.3) is 0 Å². The first-order valence-corrected chi connectivity index (χ1v) is 11.0. The van der Waals surface area contributed by atoms with Crippen molar-refractivity contribution < 1.29 is 4.74 Å². The number of nitrogens with one attached hydrogen (secondary N) is 1. The highest BCUT2D eigenvalue weighted by molar-refractivity contribution is 6.31. The van der Waals surface area contributed by atoms with E-state index < -0.39 is 0 Å². The Labute approximate surface area is 181 Å². The Hall–Kier alpha value is -2.62. The molecule has 1 aromatic carbocycles. The largest absolute Gasteiger partial charge is 0.490 e. The molecule has 0 amide bonds. The minimum Gasteiger partial charge on any atom is -0.490 e.